The van der Waals surface area contributed by atoms with Gasteiger partial charge in [0.1, 0.15) is 6.04 Å². The molecule has 0 radical (unpaired) electrons. The molecule has 1 aromatic rings. The SMILES string of the molecule is CCc1ccc(C(C)(C)C(=O)N(C)C(C)C(=O)O)cc1. The van der Waals surface area contributed by atoms with Gasteiger partial charge in [0, 0.05) is 7.05 Å². The first-order valence-corrected chi connectivity index (χ1v) is 6.81. The van der Waals surface area contributed by atoms with Crippen molar-refractivity contribution in [3.05, 3.63) is 35.4 Å². The maximum Gasteiger partial charge on any atom is 0.326 e. The van der Waals surface area contributed by atoms with Gasteiger partial charge in [0.2, 0.25) is 5.91 Å². The van der Waals surface area contributed by atoms with Crippen LogP contribution in [0.2, 0.25) is 0 Å². The highest BCUT2D eigenvalue weighted by molar-refractivity contribution is 5.90. The van der Waals surface area contributed by atoms with E-state index in [2.05, 4.69) is 6.92 Å². The first-order valence-electron chi connectivity index (χ1n) is 6.81. The van der Waals surface area contributed by atoms with Crippen LogP contribution in [0.1, 0.15) is 38.8 Å². The number of likely N-dealkylation sites (N-methyl/N-ethyl adjacent to an activating group) is 1. The summed E-state index contributed by atoms with van der Waals surface area (Å²) in [6.07, 6.45) is 0.949. The topological polar surface area (TPSA) is 57.6 Å². The van der Waals surface area contributed by atoms with Gasteiger partial charge >= 0.3 is 5.97 Å². The van der Waals surface area contributed by atoms with Crippen LogP contribution in [0.5, 0.6) is 0 Å². The molecule has 0 heterocycles. The van der Waals surface area contributed by atoms with E-state index < -0.39 is 17.4 Å². The number of carboxylic acids is 1. The smallest absolute Gasteiger partial charge is 0.326 e. The molecule has 1 unspecified atom stereocenters. The third kappa shape index (κ3) is 3.18. The lowest BCUT2D eigenvalue weighted by molar-refractivity contribution is -0.150. The van der Waals surface area contributed by atoms with Crippen molar-refractivity contribution in [3.63, 3.8) is 0 Å². The van der Waals surface area contributed by atoms with Crippen LogP contribution in [0.3, 0.4) is 0 Å². The van der Waals surface area contributed by atoms with Gasteiger partial charge in [0.05, 0.1) is 5.41 Å². The number of carbonyl (C=O) groups is 2. The molecular formula is C16H23NO3. The minimum Gasteiger partial charge on any atom is -0.480 e. The van der Waals surface area contributed by atoms with Crippen molar-refractivity contribution in [2.75, 3.05) is 7.05 Å². The fraction of sp³-hybridized carbons (Fsp3) is 0.500. The molecule has 1 amide bonds. The van der Waals surface area contributed by atoms with Gasteiger partial charge in [-0.25, -0.2) is 4.79 Å². The van der Waals surface area contributed by atoms with Crippen molar-refractivity contribution in [3.8, 4) is 0 Å². The Morgan fingerprint density at radius 2 is 1.75 bits per heavy atom. The number of aliphatic carboxylic acids is 1. The summed E-state index contributed by atoms with van der Waals surface area (Å²) in [5, 5.41) is 9.01. The normalized spacial score (nSPS) is 12.8. The monoisotopic (exact) mass is 277 g/mol. The fourth-order valence-corrected chi connectivity index (χ4v) is 2.06. The molecule has 0 aliphatic carbocycles. The highest BCUT2D eigenvalue weighted by atomic mass is 16.4. The van der Waals surface area contributed by atoms with Gasteiger partial charge in [0.25, 0.3) is 0 Å². The Hall–Kier alpha value is -1.84. The summed E-state index contributed by atoms with van der Waals surface area (Å²) in [5.74, 6) is -1.20. The lowest BCUT2D eigenvalue weighted by Crippen LogP contribution is -2.48. The molecule has 0 fully saturated rings. The Morgan fingerprint density at radius 1 is 1.25 bits per heavy atom. The molecule has 20 heavy (non-hydrogen) atoms. The number of hydrogen-bond donors (Lipinski definition) is 1. The average molecular weight is 277 g/mol. The third-order valence-electron chi connectivity index (χ3n) is 3.88. The molecular weight excluding hydrogens is 254 g/mol. The largest absolute Gasteiger partial charge is 0.480 e. The van der Waals surface area contributed by atoms with E-state index in [9.17, 15) is 9.59 Å². The first kappa shape index (κ1) is 16.2. The van der Waals surface area contributed by atoms with Crippen molar-refractivity contribution < 1.29 is 14.7 Å². The van der Waals surface area contributed by atoms with Crippen molar-refractivity contribution in [2.24, 2.45) is 0 Å². The highest BCUT2D eigenvalue weighted by Gasteiger charge is 2.35. The second-order valence-electron chi connectivity index (χ2n) is 5.61. The zero-order valence-corrected chi connectivity index (χ0v) is 12.8. The number of benzene rings is 1. The molecule has 1 aromatic carbocycles. The van der Waals surface area contributed by atoms with Gasteiger partial charge in [-0.15, -0.1) is 0 Å². The van der Waals surface area contributed by atoms with E-state index in [4.69, 9.17) is 5.11 Å². The molecule has 0 aliphatic rings. The van der Waals surface area contributed by atoms with E-state index in [0.29, 0.717) is 0 Å². The quantitative estimate of drug-likeness (QED) is 0.899. The summed E-state index contributed by atoms with van der Waals surface area (Å²) in [4.78, 5) is 24.8. The maximum atomic E-state index is 12.5. The van der Waals surface area contributed by atoms with Crippen molar-refractivity contribution >= 4 is 11.9 Å². The number of nitrogens with zero attached hydrogens (tertiary/aromatic N) is 1. The van der Waals surface area contributed by atoms with Crippen LogP contribution in [0, 0.1) is 0 Å². The number of carboxylic acid groups (broad SMARTS) is 1. The molecule has 1 N–H and O–H groups in total. The molecule has 4 heteroatoms. The van der Waals surface area contributed by atoms with Gasteiger partial charge in [0.15, 0.2) is 0 Å². The molecule has 4 nitrogen and oxygen atoms in total. The molecule has 0 spiro atoms. The van der Waals surface area contributed by atoms with E-state index in [0.717, 1.165) is 12.0 Å². The zero-order chi connectivity index (χ0) is 15.5. The fourth-order valence-electron chi connectivity index (χ4n) is 2.06. The number of carbonyl (C=O) groups excluding carboxylic acids is 1. The van der Waals surface area contributed by atoms with E-state index in [1.54, 1.807) is 0 Å². The minimum atomic E-state index is -1.00. The van der Waals surface area contributed by atoms with Gasteiger partial charge in [-0.1, -0.05) is 31.2 Å². The highest BCUT2D eigenvalue weighted by Crippen LogP contribution is 2.26. The van der Waals surface area contributed by atoms with Crippen LogP contribution in [0.4, 0.5) is 0 Å². The predicted molar refractivity (Wildman–Crippen MR) is 78.7 cm³/mol. The Morgan fingerprint density at radius 3 is 2.15 bits per heavy atom. The van der Waals surface area contributed by atoms with Gasteiger partial charge < -0.3 is 10.0 Å². The Balaban J connectivity index is 3.01. The van der Waals surface area contributed by atoms with Crippen molar-refractivity contribution in [2.45, 2.75) is 45.6 Å². The first-order chi connectivity index (χ1) is 9.21. The molecule has 0 aliphatic heterocycles. The summed E-state index contributed by atoms with van der Waals surface area (Å²) in [7, 11) is 1.53. The number of hydrogen-bond acceptors (Lipinski definition) is 2. The molecule has 1 atom stereocenters. The van der Waals surface area contributed by atoms with Crippen LogP contribution in [0.25, 0.3) is 0 Å². The van der Waals surface area contributed by atoms with E-state index in [-0.39, 0.29) is 5.91 Å². The zero-order valence-electron chi connectivity index (χ0n) is 12.8. The predicted octanol–water partition coefficient (Wildman–Crippen LogP) is 2.46. The summed E-state index contributed by atoms with van der Waals surface area (Å²) < 4.78 is 0. The van der Waals surface area contributed by atoms with Crippen LogP contribution in [-0.2, 0) is 21.4 Å². The second kappa shape index (κ2) is 6.07. The summed E-state index contributed by atoms with van der Waals surface area (Å²) >= 11 is 0. The van der Waals surface area contributed by atoms with E-state index >= 15 is 0 Å². The number of aryl methyl sites for hydroxylation is 1. The van der Waals surface area contributed by atoms with Gasteiger partial charge in [-0.2, -0.15) is 0 Å². The van der Waals surface area contributed by atoms with E-state index in [1.807, 2.05) is 38.1 Å². The standard InChI is InChI=1S/C16H23NO3/c1-6-12-7-9-13(10-8-12)16(3,4)15(20)17(5)11(2)14(18)19/h7-11H,6H2,1-5H3,(H,18,19). The lowest BCUT2D eigenvalue weighted by atomic mass is 9.82. The van der Waals surface area contributed by atoms with Crippen LogP contribution in [0.15, 0.2) is 24.3 Å². The Kier molecular flexibility index (Phi) is 4.93. The minimum absolute atomic E-state index is 0.198. The Bertz CT molecular complexity index is 491. The number of amides is 1. The van der Waals surface area contributed by atoms with Crippen molar-refractivity contribution in [1.29, 1.82) is 0 Å². The summed E-state index contributed by atoms with van der Waals surface area (Å²) in [6, 6.07) is 7.05. The van der Waals surface area contributed by atoms with Crippen molar-refractivity contribution in [1.82, 2.24) is 4.90 Å². The summed E-state index contributed by atoms with van der Waals surface area (Å²) in [5.41, 5.74) is 1.36. The number of rotatable bonds is 5. The van der Waals surface area contributed by atoms with Crippen LogP contribution >= 0.6 is 0 Å². The molecule has 0 bridgehead atoms. The molecule has 110 valence electrons. The average Bonchev–Trinajstić information content (AvgIpc) is 2.44. The van der Waals surface area contributed by atoms with E-state index in [1.165, 1.54) is 24.4 Å². The van der Waals surface area contributed by atoms with Crippen LogP contribution in [-0.4, -0.2) is 35.0 Å². The van der Waals surface area contributed by atoms with Gasteiger partial charge in [-0.3, -0.25) is 4.79 Å². The molecule has 0 aromatic heterocycles. The third-order valence-corrected chi connectivity index (χ3v) is 3.88. The molecule has 1 rings (SSSR count). The van der Waals surface area contributed by atoms with Gasteiger partial charge in [-0.05, 0) is 38.3 Å². The molecule has 0 saturated heterocycles. The molecule has 0 saturated carbocycles. The Labute approximate surface area is 120 Å². The summed E-state index contributed by atoms with van der Waals surface area (Å²) in [6.45, 7) is 7.23. The lowest BCUT2D eigenvalue weighted by Gasteiger charge is -2.32. The maximum absolute atomic E-state index is 12.5. The second-order valence-corrected chi connectivity index (χ2v) is 5.61. The van der Waals surface area contributed by atoms with Crippen LogP contribution < -0.4 is 0 Å².